The van der Waals surface area contributed by atoms with Crippen LogP contribution in [0, 0.1) is 11.8 Å². The van der Waals surface area contributed by atoms with Crippen LogP contribution in [-0.4, -0.2) is 80.1 Å². The third kappa shape index (κ3) is 8.50. The Morgan fingerprint density at radius 1 is 1.11 bits per heavy atom. The highest BCUT2D eigenvalue weighted by Gasteiger charge is 2.30. The number of halogens is 3. The summed E-state index contributed by atoms with van der Waals surface area (Å²) >= 11 is 0. The van der Waals surface area contributed by atoms with Crippen molar-refractivity contribution in [1.29, 1.82) is 0 Å². The van der Waals surface area contributed by atoms with E-state index in [0.29, 0.717) is 34.4 Å². The Balaban J connectivity index is 1.49. The number of amides is 2. The predicted molar refractivity (Wildman–Crippen MR) is 163 cm³/mol. The SMILES string of the molecule is COC(=O)c1ccc(NCC#Cc2cc3c(NC4CCN(CC(C)NC(N)=O)CC4)cccc3n2CC(F)(F)F)c(OC)c1. The smallest absolute Gasteiger partial charge is 0.406 e. The normalized spacial score (nSPS) is 14.8. The van der Waals surface area contributed by atoms with Gasteiger partial charge in [0.1, 0.15) is 12.3 Å². The van der Waals surface area contributed by atoms with E-state index >= 15 is 0 Å². The number of nitrogens with two attached hydrogens (primary N) is 1. The van der Waals surface area contributed by atoms with Gasteiger partial charge < -0.3 is 40.6 Å². The number of ether oxygens (including phenoxy) is 2. The molecule has 1 atom stereocenters. The van der Waals surface area contributed by atoms with Gasteiger partial charge in [0.25, 0.3) is 0 Å². The Hall–Kier alpha value is -4.57. The molecule has 1 saturated heterocycles. The van der Waals surface area contributed by atoms with Crippen LogP contribution in [0.3, 0.4) is 0 Å². The Kier molecular flexibility index (Phi) is 10.5. The molecule has 44 heavy (non-hydrogen) atoms. The van der Waals surface area contributed by atoms with Crippen molar-refractivity contribution in [3.63, 3.8) is 0 Å². The second-order valence-electron chi connectivity index (χ2n) is 10.7. The fourth-order valence-corrected chi connectivity index (χ4v) is 5.38. The average Bonchev–Trinajstić information content (AvgIpc) is 3.32. The molecule has 0 spiro atoms. The summed E-state index contributed by atoms with van der Waals surface area (Å²) in [5.41, 5.74) is 7.54. The first-order valence-electron chi connectivity index (χ1n) is 14.2. The molecule has 3 aromatic rings. The fraction of sp³-hybridized carbons (Fsp3) is 0.419. The number of hydrogen-bond acceptors (Lipinski definition) is 7. The van der Waals surface area contributed by atoms with Gasteiger partial charge >= 0.3 is 18.2 Å². The number of aromatic nitrogens is 1. The van der Waals surface area contributed by atoms with Crippen molar-refractivity contribution < 1.29 is 32.2 Å². The van der Waals surface area contributed by atoms with Crippen LogP contribution in [-0.2, 0) is 11.3 Å². The average molecular weight is 615 g/mol. The number of rotatable bonds is 10. The first-order valence-corrected chi connectivity index (χ1v) is 14.2. The number of fused-ring (bicyclic) bond motifs is 1. The lowest BCUT2D eigenvalue weighted by atomic mass is 10.0. The minimum absolute atomic E-state index is 0.0666. The van der Waals surface area contributed by atoms with Crippen LogP contribution >= 0.6 is 0 Å². The van der Waals surface area contributed by atoms with Gasteiger partial charge in [0.2, 0.25) is 0 Å². The predicted octanol–water partition coefficient (Wildman–Crippen LogP) is 4.40. The molecule has 5 N–H and O–H groups in total. The molecule has 2 aromatic carbocycles. The van der Waals surface area contributed by atoms with E-state index in [9.17, 15) is 22.8 Å². The largest absolute Gasteiger partial charge is 0.495 e. The molecule has 0 aliphatic carbocycles. The van der Waals surface area contributed by atoms with E-state index in [2.05, 4.69) is 32.7 Å². The second-order valence-corrected chi connectivity index (χ2v) is 10.7. The first-order chi connectivity index (χ1) is 21.0. The number of hydrogen-bond donors (Lipinski definition) is 4. The molecule has 0 radical (unpaired) electrons. The van der Waals surface area contributed by atoms with Crippen LogP contribution in [0.25, 0.3) is 10.9 Å². The van der Waals surface area contributed by atoms with E-state index in [1.807, 2.05) is 13.0 Å². The number of primary amides is 1. The maximum Gasteiger partial charge on any atom is 0.406 e. The minimum atomic E-state index is -4.44. The van der Waals surface area contributed by atoms with E-state index in [4.69, 9.17) is 15.2 Å². The molecule has 1 aromatic heterocycles. The topological polar surface area (TPSA) is 123 Å². The van der Waals surface area contributed by atoms with Crippen molar-refractivity contribution in [3.8, 4) is 17.6 Å². The van der Waals surface area contributed by atoms with Crippen molar-refractivity contribution in [2.75, 3.05) is 51.0 Å². The summed E-state index contributed by atoms with van der Waals surface area (Å²) in [5, 5.41) is 9.97. The summed E-state index contributed by atoms with van der Waals surface area (Å²) < 4.78 is 52.1. The van der Waals surface area contributed by atoms with Gasteiger partial charge in [-0.05, 0) is 62.1 Å². The summed E-state index contributed by atoms with van der Waals surface area (Å²) in [6.45, 7) is 3.17. The van der Waals surface area contributed by atoms with Crippen molar-refractivity contribution in [2.45, 2.75) is 44.6 Å². The quantitative estimate of drug-likeness (QED) is 0.197. The van der Waals surface area contributed by atoms with Gasteiger partial charge in [-0.3, -0.25) is 0 Å². The standard InChI is InChI=1S/C31H37F3N6O4/c1-20(37-30(35)42)18-39-14-11-22(12-15-39)38-25-7-4-8-27-24(25)17-23(40(27)19-31(32,33)34)6-5-13-36-26-10-9-21(29(41)44-3)16-28(26)43-2/h4,7-10,16-17,20,22,36,38H,11-15,18-19H2,1-3H3,(H3,35,37,42). The van der Waals surface area contributed by atoms with E-state index < -0.39 is 24.7 Å². The molecular weight excluding hydrogens is 577 g/mol. The number of esters is 1. The van der Waals surface area contributed by atoms with Crippen LogP contribution in [0.5, 0.6) is 5.75 Å². The molecule has 13 heteroatoms. The molecule has 10 nitrogen and oxygen atoms in total. The van der Waals surface area contributed by atoms with Gasteiger partial charge in [-0.15, -0.1) is 0 Å². The zero-order chi connectivity index (χ0) is 31.9. The molecule has 1 unspecified atom stereocenters. The Bertz CT molecular complexity index is 1540. The number of piperidine rings is 1. The summed E-state index contributed by atoms with van der Waals surface area (Å²) in [7, 11) is 2.75. The van der Waals surface area contributed by atoms with Crippen molar-refractivity contribution >= 4 is 34.3 Å². The van der Waals surface area contributed by atoms with E-state index in [1.165, 1.54) is 24.9 Å². The summed E-state index contributed by atoms with van der Waals surface area (Å²) in [6.07, 6.45) is -2.76. The highest BCUT2D eigenvalue weighted by atomic mass is 19.4. The molecule has 1 aliphatic rings. The van der Waals surface area contributed by atoms with Crippen LogP contribution in [0.15, 0.2) is 42.5 Å². The number of urea groups is 1. The molecular formula is C31H37F3N6O4. The van der Waals surface area contributed by atoms with Gasteiger partial charge in [-0.1, -0.05) is 12.0 Å². The number of likely N-dealkylation sites (tertiary alicyclic amines) is 1. The summed E-state index contributed by atoms with van der Waals surface area (Å²) in [4.78, 5) is 25.2. The maximum atomic E-state index is 13.6. The number of methoxy groups -OCH3 is 2. The zero-order valence-corrected chi connectivity index (χ0v) is 24.9. The number of carbonyl (C=O) groups is 2. The molecule has 1 fully saturated rings. The molecule has 0 bridgehead atoms. The fourth-order valence-electron chi connectivity index (χ4n) is 5.38. The lowest BCUT2D eigenvalue weighted by Crippen LogP contribution is -2.47. The number of anilines is 2. The molecule has 4 rings (SSSR count). The van der Waals surface area contributed by atoms with Crippen LogP contribution in [0.1, 0.15) is 35.8 Å². The van der Waals surface area contributed by atoms with Crippen LogP contribution in [0.2, 0.25) is 0 Å². The molecule has 2 heterocycles. The molecule has 0 saturated carbocycles. The minimum Gasteiger partial charge on any atom is -0.495 e. The van der Waals surface area contributed by atoms with E-state index in [-0.39, 0.29) is 24.3 Å². The van der Waals surface area contributed by atoms with Gasteiger partial charge in [-0.25, -0.2) is 9.59 Å². The number of nitrogens with one attached hydrogen (secondary N) is 3. The number of alkyl halides is 3. The second kappa shape index (κ2) is 14.3. The highest BCUT2D eigenvalue weighted by Crippen LogP contribution is 2.31. The maximum absolute atomic E-state index is 13.6. The highest BCUT2D eigenvalue weighted by molar-refractivity contribution is 5.94. The molecule has 236 valence electrons. The number of nitrogens with zero attached hydrogens (tertiary/aromatic N) is 2. The first kappa shape index (κ1) is 32.3. The summed E-state index contributed by atoms with van der Waals surface area (Å²) in [5.74, 6) is 5.71. The third-order valence-corrected chi connectivity index (χ3v) is 7.36. The molecule has 1 aliphatic heterocycles. The van der Waals surface area contributed by atoms with E-state index in [1.54, 1.807) is 30.3 Å². The van der Waals surface area contributed by atoms with Crippen molar-refractivity contribution in [3.05, 3.63) is 53.7 Å². The van der Waals surface area contributed by atoms with Crippen molar-refractivity contribution in [1.82, 2.24) is 14.8 Å². The van der Waals surface area contributed by atoms with Crippen molar-refractivity contribution in [2.24, 2.45) is 5.73 Å². The lowest BCUT2D eigenvalue weighted by Gasteiger charge is -2.34. The third-order valence-electron chi connectivity index (χ3n) is 7.36. The Morgan fingerprint density at radius 3 is 2.52 bits per heavy atom. The van der Waals surface area contributed by atoms with Gasteiger partial charge in [0.05, 0.1) is 43.2 Å². The monoisotopic (exact) mass is 614 g/mol. The number of benzene rings is 2. The van der Waals surface area contributed by atoms with Crippen LogP contribution < -0.4 is 26.4 Å². The summed E-state index contributed by atoms with van der Waals surface area (Å²) in [6, 6.07) is 11.2. The zero-order valence-electron chi connectivity index (χ0n) is 24.9. The number of carbonyl (C=O) groups excluding carboxylic acids is 2. The van der Waals surface area contributed by atoms with E-state index in [0.717, 1.165) is 31.6 Å². The van der Waals surface area contributed by atoms with Gasteiger partial charge in [0.15, 0.2) is 0 Å². The molecule has 2 amide bonds. The Labute approximate surface area is 254 Å². The van der Waals surface area contributed by atoms with Crippen LogP contribution in [0.4, 0.5) is 29.3 Å². The Morgan fingerprint density at radius 2 is 1.86 bits per heavy atom. The van der Waals surface area contributed by atoms with Gasteiger partial charge in [-0.2, -0.15) is 13.2 Å². The lowest BCUT2D eigenvalue weighted by molar-refractivity contribution is -0.140. The van der Waals surface area contributed by atoms with Gasteiger partial charge in [0, 0.05) is 42.8 Å².